The van der Waals surface area contributed by atoms with Gasteiger partial charge in [0.25, 0.3) is 0 Å². The molecule has 0 bridgehead atoms. The molecule has 2 aromatic carbocycles. The third kappa shape index (κ3) is 2.84. The molecular formula is C15H11Cl2N3. The summed E-state index contributed by atoms with van der Waals surface area (Å²) in [4.78, 5) is 8.49. The summed E-state index contributed by atoms with van der Waals surface area (Å²) in [6.07, 6.45) is 1.53. The van der Waals surface area contributed by atoms with E-state index in [-0.39, 0.29) is 0 Å². The number of fused-ring (bicyclic) bond motifs is 1. The zero-order chi connectivity index (χ0) is 13.9. The Hall–Kier alpha value is -1.84. The Morgan fingerprint density at radius 3 is 2.45 bits per heavy atom. The maximum atomic E-state index is 5.97. The molecule has 5 heteroatoms. The fraction of sp³-hybridized carbons (Fsp3) is 0.0667. The van der Waals surface area contributed by atoms with Gasteiger partial charge in [0.1, 0.15) is 12.1 Å². The Morgan fingerprint density at radius 1 is 0.900 bits per heavy atom. The van der Waals surface area contributed by atoms with Crippen molar-refractivity contribution in [3.63, 3.8) is 0 Å². The van der Waals surface area contributed by atoms with Crippen molar-refractivity contribution in [2.24, 2.45) is 0 Å². The number of anilines is 1. The lowest BCUT2D eigenvalue weighted by atomic mass is 10.2. The number of benzene rings is 2. The molecule has 1 heterocycles. The molecular weight excluding hydrogens is 293 g/mol. The second kappa shape index (κ2) is 5.65. The van der Waals surface area contributed by atoms with Gasteiger partial charge in [0, 0.05) is 22.0 Å². The lowest BCUT2D eigenvalue weighted by molar-refractivity contribution is 1.10. The first-order chi connectivity index (χ1) is 9.72. The predicted molar refractivity (Wildman–Crippen MR) is 83.3 cm³/mol. The molecule has 0 aliphatic heterocycles. The van der Waals surface area contributed by atoms with Gasteiger partial charge in [0.15, 0.2) is 0 Å². The van der Waals surface area contributed by atoms with Crippen LogP contribution in [0.1, 0.15) is 5.56 Å². The highest BCUT2D eigenvalue weighted by molar-refractivity contribution is 6.31. The first kappa shape index (κ1) is 13.2. The molecule has 0 atom stereocenters. The molecule has 0 spiro atoms. The molecule has 1 aromatic heterocycles. The topological polar surface area (TPSA) is 37.8 Å². The number of nitrogens with one attached hydrogen (secondary N) is 1. The maximum absolute atomic E-state index is 5.97. The molecule has 0 saturated carbocycles. The number of rotatable bonds is 3. The SMILES string of the molecule is Clc1ccc(CNc2ncnc3cc(Cl)ccc23)cc1. The van der Waals surface area contributed by atoms with E-state index in [0.29, 0.717) is 11.6 Å². The van der Waals surface area contributed by atoms with Crippen molar-refractivity contribution < 1.29 is 0 Å². The van der Waals surface area contributed by atoms with Crippen LogP contribution in [0.3, 0.4) is 0 Å². The van der Waals surface area contributed by atoms with Crippen LogP contribution in [0.2, 0.25) is 10.0 Å². The number of hydrogen-bond donors (Lipinski definition) is 1. The zero-order valence-electron chi connectivity index (χ0n) is 10.5. The average Bonchev–Trinajstić information content (AvgIpc) is 2.46. The van der Waals surface area contributed by atoms with Gasteiger partial charge in [0.05, 0.1) is 5.52 Å². The van der Waals surface area contributed by atoms with Gasteiger partial charge in [-0.2, -0.15) is 0 Å². The summed E-state index contributed by atoms with van der Waals surface area (Å²) >= 11 is 11.8. The minimum atomic E-state index is 0.667. The molecule has 0 aliphatic carbocycles. The van der Waals surface area contributed by atoms with Crippen molar-refractivity contribution in [3.8, 4) is 0 Å². The number of halogens is 2. The molecule has 0 fully saturated rings. The van der Waals surface area contributed by atoms with E-state index in [4.69, 9.17) is 23.2 Å². The van der Waals surface area contributed by atoms with Crippen LogP contribution in [0.5, 0.6) is 0 Å². The molecule has 1 N–H and O–H groups in total. The quantitative estimate of drug-likeness (QED) is 0.771. The summed E-state index contributed by atoms with van der Waals surface area (Å²) in [5.74, 6) is 0.793. The number of hydrogen-bond acceptors (Lipinski definition) is 3. The normalized spacial score (nSPS) is 10.7. The molecule has 100 valence electrons. The fourth-order valence-corrected chi connectivity index (χ4v) is 2.25. The van der Waals surface area contributed by atoms with Crippen LogP contribution in [0.25, 0.3) is 10.9 Å². The summed E-state index contributed by atoms with van der Waals surface area (Å²) in [7, 11) is 0. The van der Waals surface area contributed by atoms with Crippen LogP contribution >= 0.6 is 23.2 Å². The van der Waals surface area contributed by atoms with Crippen molar-refractivity contribution in [3.05, 3.63) is 64.4 Å². The zero-order valence-corrected chi connectivity index (χ0v) is 12.0. The summed E-state index contributed by atoms with van der Waals surface area (Å²) in [5, 5.41) is 5.65. The third-order valence-corrected chi connectivity index (χ3v) is 3.46. The lowest BCUT2D eigenvalue weighted by Crippen LogP contribution is -2.02. The van der Waals surface area contributed by atoms with Crippen LogP contribution in [0.15, 0.2) is 48.8 Å². The van der Waals surface area contributed by atoms with E-state index >= 15 is 0 Å². The Balaban J connectivity index is 1.85. The third-order valence-electron chi connectivity index (χ3n) is 2.97. The highest BCUT2D eigenvalue weighted by Gasteiger charge is 2.04. The number of nitrogens with zero attached hydrogens (tertiary/aromatic N) is 2. The molecule has 0 aliphatic rings. The van der Waals surface area contributed by atoms with Gasteiger partial charge in [-0.15, -0.1) is 0 Å². The molecule has 0 saturated heterocycles. The van der Waals surface area contributed by atoms with E-state index in [2.05, 4.69) is 15.3 Å². The van der Waals surface area contributed by atoms with E-state index in [1.807, 2.05) is 42.5 Å². The molecule has 20 heavy (non-hydrogen) atoms. The Labute approximate surface area is 126 Å². The average molecular weight is 304 g/mol. The first-order valence-corrected chi connectivity index (χ1v) is 6.86. The standard InChI is InChI=1S/C15H11Cl2N3/c16-11-3-1-10(2-4-11)8-18-15-13-6-5-12(17)7-14(13)19-9-20-15/h1-7,9H,8H2,(H,18,19,20). The second-order valence-corrected chi connectivity index (χ2v) is 5.24. The predicted octanol–water partition coefficient (Wildman–Crippen LogP) is 4.55. The number of aromatic nitrogens is 2. The second-order valence-electron chi connectivity index (χ2n) is 4.36. The van der Waals surface area contributed by atoms with Gasteiger partial charge >= 0.3 is 0 Å². The van der Waals surface area contributed by atoms with Crippen LogP contribution in [0.4, 0.5) is 5.82 Å². The van der Waals surface area contributed by atoms with Gasteiger partial charge in [-0.1, -0.05) is 35.3 Å². The van der Waals surface area contributed by atoms with Crippen molar-refractivity contribution in [2.75, 3.05) is 5.32 Å². The molecule has 0 radical (unpaired) electrons. The van der Waals surface area contributed by atoms with Crippen molar-refractivity contribution in [1.82, 2.24) is 9.97 Å². The summed E-state index contributed by atoms with van der Waals surface area (Å²) in [6, 6.07) is 13.3. The van der Waals surface area contributed by atoms with Crippen LogP contribution in [0, 0.1) is 0 Å². The minimum absolute atomic E-state index is 0.667. The lowest BCUT2D eigenvalue weighted by Gasteiger charge is -2.08. The van der Waals surface area contributed by atoms with E-state index in [1.165, 1.54) is 6.33 Å². The van der Waals surface area contributed by atoms with Crippen molar-refractivity contribution in [2.45, 2.75) is 6.54 Å². The molecule has 0 unspecified atom stereocenters. The van der Waals surface area contributed by atoms with E-state index < -0.39 is 0 Å². The van der Waals surface area contributed by atoms with Gasteiger partial charge in [-0.3, -0.25) is 0 Å². The van der Waals surface area contributed by atoms with E-state index in [9.17, 15) is 0 Å². The van der Waals surface area contributed by atoms with Gasteiger partial charge in [-0.25, -0.2) is 9.97 Å². The maximum Gasteiger partial charge on any atom is 0.137 e. The molecule has 3 nitrogen and oxygen atoms in total. The highest BCUT2D eigenvalue weighted by Crippen LogP contribution is 2.23. The molecule has 3 rings (SSSR count). The first-order valence-electron chi connectivity index (χ1n) is 6.11. The van der Waals surface area contributed by atoms with Crippen molar-refractivity contribution in [1.29, 1.82) is 0 Å². The smallest absolute Gasteiger partial charge is 0.137 e. The van der Waals surface area contributed by atoms with Crippen LogP contribution in [-0.2, 0) is 6.54 Å². The summed E-state index contributed by atoms with van der Waals surface area (Å²) in [6.45, 7) is 0.673. The van der Waals surface area contributed by atoms with Gasteiger partial charge in [-0.05, 0) is 35.9 Å². The van der Waals surface area contributed by atoms with Gasteiger partial charge < -0.3 is 5.32 Å². The summed E-state index contributed by atoms with van der Waals surface area (Å²) < 4.78 is 0. The highest BCUT2D eigenvalue weighted by atomic mass is 35.5. The van der Waals surface area contributed by atoms with E-state index in [1.54, 1.807) is 0 Å². The van der Waals surface area contributed by atoms with Crippen LogP contribution in [-0.4, -0.2) is 9.97 Å². The van der Waals surface area contributed by atoms with Gasteiger partial charge in [0.2, 0.25) is 0 Å². The largest absolute Gasteiger partial charge is 0.365 e. The van der Waals surface area contributed by atoms with E-state index in [0.717, 1.165) is 27.3 Å². The van der Waals surface area contributed by atoms with Crippen molar-refractivity contribution >= 4 is 39.9 Å². The Morgan fingerprint density at radius 2 is 1.65 bits per heavy atom. The minimum Gasteiger partial charge on any atom is -0.365 e. The molecule has 0 amide bonds. The monoisotopic (exact) mass is 303 g/mol. The fourth-order valence-electron chi connectivity index (χ4n) is 1.96. The van der Waals surface area contributed by atoms with Crippen LogP contribution < -0.4 is 5.32 Å². The Kier molecular flexibility index (Phi) is 3.72. The molecule has 3 aromatic rings. The Bertz CT molecular complexity index is 742. The summed E-state index contributed by atoms with van der Waals surface area (Å²) in [5.41, 5.74) is 1.96.